The Bertz CT molecular complexity index is 426. The number of nitrogens with one attached hydrogen (secondary N) is 2. The Hall–Kier alpha value is -1.66. The normalized spacial score (nSPS) is 10.4. The van der Waals surface area contributed by atoms with E-state index in [0.717, 1.165) is 24.5 Å². The molecule has 1 aromatic rings. The van der Waals surface area contributed by atoms with Gasteiger partial charge in [0.15, 0.2) is 0 Å². The van der Waals surface area contributed by atoms with Gasteiger partial charge in [0.25, 0.3) is 0 Å². The summed E-state index contributed by atoms with van der Waals surface area (Å²) < 4.78 is 5.02. The first-order valence-corrected chi connectivity index (χ1v) is 7.38. The molecule has 0 radical (unpaired) electrons. The smallest absolute Gasteiger partial charge is 0.239 e. The molecule has 0 unspecified atom stereocenters. The van der Waals surface area contributed by atoms with Crippen LogP contribution in [0.2, 0.25) is 0 Å². The van der Waals surface area contributed by atoms with Crippen molar-refractivity contribution < 1.29 is 9.53 Å². The lowest BCUT2D eigenvalue weighted by molar-refractivity contribution is -0.119. The first kappa shape index (κ1) is 17.4. The fraction of sp³-hybridized carbons (Fsp3) is 0.600. The van der Waals surface area contributed by atoms with Crippen molar-refractivity contribution in [2.45, 2.75) is 20.4 Å². The monoisotopic (exact) mass is 294 g/mol. The van der Waals surface area contributed by atoms with Gasteiger partial charge in [0.1, 0.15) is 5.82 Å². The zero-order valence-electron chi connectivity index (χ0n) is 13.2. The molecule has 21 heavy (non-hydrogen) atoms. The second kappa shape index (κ2) is 10.1. The number of ether oxygens (including phenoxy) is 1. The van der Waals surface area contributed by atoms with Gasteiger partial charge in [-0.05, 0) is 19.9 Å². The third-order valence-corrected chi connectivity index (χ3v) is 3.06. The summed E-state index contributed by atoms with van der Waals surface area (Å²) in [6, 6.07) is 3.94. The summed E-state index contributed by atoms with van der Waals surface area (Å²) in [4.78, 5) is 18.2. The Balaban J connectivity index is 2.71. The first-order valence-electron chi connectivity index (χ1n) is 7.38. The minimum absolute atomic E-state index is 0.0169. The topological polar surface area (TPSA) is 66.5 Å². The number of carbonyl (C=O) groups is 1. The van der Waals surface area contributed by atoms with Gasteiger partial charge in [0.2, 0.25) is 5.91 Å². The largest absolute Gasteiger partial charge is 0.383 e. The van der Waals surface area contributed by atoms with Crippen LogP contribution in [0.15, 0.2) is 18.3 Å². The van der Waals surface area contributed by atoms with Crippen molar-refractivity contribution in [1.82, 2.24) is 15.6 Å². The Labute approximate surface area is 126 Å². The van der Waals surface area contributed by atoms with Crippen molar-refractivity contribution in [1.29, 1.82) is 0 Å². The predicted molar refractivity (Wildman–Crippen MR) is 84.4 cm³/mol. The highest BCUT2D eigenvalue weighted by Gasteiger charge is 2.14. The molecule has 6 nitrogen and oxygen atoms in total. The number of likely N-dealkylation sites (N-methyl/N-ethyl adjacent to an activating group) is 2. The van der Waals surface area contributed by atoms with Gasteiger partial charge in [0, 0.05) is 45.0 Å². The minimum Gasteiger partial charge on any atom is -0.383 e. The molecule has 6 heteroatoms. The van der Waals surface area contributed by atoms with E-state index in [1.54, 1.807) is 13.3 Å². The zero-order valence-corrected chi connectivity index (χ0v) is 13.2. The number of nitrogens with zero attached hydrogens (tertiary/aromatic N) is 2. The average molecular weight is 294 g/mol. The van der Waals surface area contributed by atoms with Crippen molar-refractivity contribution in [3.8, 4) is 0 Å². The van der Waals surface area contributed by atoms with Crippen LogP contribution in [-0.4, -0.2) is 50.8 Å². The van der Waals surface area contributed by atoms with Crippen LogP contribution in [0, 0.1) is 0 Å². The van der Waals surface area contributed by atoms with Gasteiger partial charge in [0.05, 0.1) is 13.2 Å². The van der Waals surface area contributed by atoms with Gasteiger partial charge in [-0.3, -0.25) is 4.79 Å². The predicted octanol–water partition coefficient (Wildman–Crippen LogP) is 0.780. The van der Waals surface area contributed by atoms with Gasteiger partial charge in [-0.1, -0.05) is 6.07 Å². The van der Waals surface area contributed by atoms with E-state index < -0.39 is 0 Å². The molecule has 1 heterocycles. The Kier molecular flexibility index (Phi) is 8.38. The van der Waals surface area contributed by atoms with Crippen LogP contribution in [0.1, 0.15) is 19.4 Å². The lowest BCUT2D eigenvalue weighted by atomic mass is 10.2. The van der Waals surface area contributed by atoms with Crippen LogP contribution >= 0.6 is 0 Å². The molecule has 0 aliphatic rings. The molecule has 0 aliphatic carbocycles. The number of pyridine rings is 1. The average Bonchev–Trinajstić information content (AvgIpc) is 2.50. The Morgan fingerprint density at radius 1 is 1.43 bits per heavy atom. The van der Waals surface area contributed by atoms with E-state index in [2.05, 4.69) is 15.6 Å². The van der Waals surface area contributed by atoms with E-state index in [1.807, 2.05) is 30.9 Å². The number of anilines is 1. The van der Waals surface area contributed by atoms with Crippen LogP contribution in [0.5, 0.6) is 0 Å². The minimum atomic E-state index is 0.0169. The molecule has 1 aromatic heterocycles. The highest BCUT2D eigenvalue weighted by Crippen LogP contribution is 2.16. The second-order valence-electron chi connectivity index (χ2n) is 4.62. The zero-order chi connectivity index (χ0) is 15.5. The third kappa shape index (κ3) is 6.10. The maximum absolute atomic E-state index is 11.8. The highest BCUT2D eigenvalue weighted by atomic mass is 16.5. The first-order chi connectivity index (χ1) is 10.2. The summed E-state index contributed by atoms with van der Waals surface area (Å²) in [6.07, 6.45) is 1.76. The van der Waals surface area contributed by atoms with E-state index in [0.29, 0.717) is 26.2 Å². The summed E-state index contributed by atoms with van der Waals surface area (Å²) in [5.41, 5.74) is 1.08. The number of methoxy groups -OCH3 is 1. The van der Waals surface area contributed by atoms with Gasteiger partial charge in [-0.2, -0.15) is 0 Å². The van der Waals surface area contributed by atoms with E-state index in [4.69, 9.17) is 4.74 Å². The van der Waals surface area contributed by atoms with Crippen molar-refractivity contribution in [3.05, 3.63) is 23.9 Å². The Morgan fingerprint density at radius 2 is 2.24 bits per heavy atom. The standard InChI is InChI=1S/C15H26N4O2/c1-4-17-14(20)12-19(5-2)15-13(7-6-8-18-15)11-16-9-10-21-3/h6-8,16H,4-5,9-12H2,1-3H3,(H,17,20). The second-order valence-corrected chi connectivity index (χ2v) is 4.62. The molecule has 0 atom stereocenters. The number of hydrogen-bond acceptors (Lipinski definition) is 5. The number of aromatic nitrogens is 1. The van der Waals surface area contributed by atoms with Crippen LogP contribution in [-0.2, 0) is 16.1 Å². The summed E-state index contributed by atoms with van der Waals surface area (Å²) in [5.74, 6) is 0.875. The van der Waals surface area contributed by atoms with Crippen LogP contribution < -0.4 is 15.5 Å². The summed E-state index contributed by atoms with van der Waals surface area (Å²) in [5, 5.41) is 6.13. The van der Waals surface area contributed by atoms with Crippen LogP contribution in [0.25, 0.3) is 0 Å². The fourth-order valence-electron chi connectivity index (χ4n) is 2.01. The molecule has 0 aliphatic heterocycles. The number of hydrogen-bond donors (Lipinski definition) is 2. The van der Waals surface area contributed by atoms with Gasteiger partial charge >= 0.3 is 0 Å². The summed E-state index contributed by atoms with van der Waals surface area (Å²) in [7, 11) is 1.68. The highest BCUT2D eigenvalue weighted by molar-refractivity contribution is 5.81. The molecule has 1 amide bonds. The SMILES string of the molecule is CCNC(=O)CN(CC)c1ncccc1CNCCOC. The molecule has 0 bridgehead atoms. The van der Waals surface area contributed by atoms with E-state index in [1.165, 1.54) is 0 Å². The molecule has 0 saturated carbocycles. The van der Waals surface area contributed by atoms with Crippen LogP contribution in [0.4, 0.5) is 5.82 Å². The molecular weight excluding hydrogens is 268 g/mol. The molecule has 0 aromatic carbocycles. The molecule has 118 valence electrons. The quantitative estimate of drug-likeness (QED) is 0.624. The van der Waals surface area contributed by atoms with E-state index >= 15 is 0 Å². The summed E-state index contributed by atoms with van der Waals surface area (Å²) >= 11 is 0. The third-order valence-electron chi connectivity index (χ3n) is 3.06. The maximum atomic E-state index is 11.8. The van der Waals surface area contributed by atoms with Crippen molar-refractivity contribution >= 4 is 11.7 Å². The number of rotatable bonds is 10. The van der Waals surface area contributed by atoms with Gasteiger partial charge in [-0.25, -0.2) is 4.98 Å². The molecule has 0 spiro atoms. The Morgan fingerprint density at radius 3 is 2.90 bits per heavy atom. The number of carbonyl (C=O) groups excluding carboxylic acids is 1. The number of amides is 1. The van der Waals surface area contributed by atoms with E-state index in [-0.39, 0.29) is 5.91 Å². The maximum Gasteiger partial charge on any atom is 0.239 e. The fourth-order valence-corrected chi connectivity index (χ4v) is 2.01. The molecular formula is C15H26N4O2. The lowest BCUT2D eigenvalue weighted by Crippen LogP contribution is -2.38. The summed E-state index contributed by atoms with van der Waals surface area (Å²) in [6.45, 7) is 7.81. The molecule has 2 N–H and O–H groups in total. The molecule has 0 fully saturated rings. The van der Waals surface area contributed by atoms with Crippen LogP contribution in [0.3, 0.4) is 0 Å². The van der Waals surface area contributed by atoms with E-state index in [9.17, 15) is 4.79 Å². The molecule has 0 saturated heterocycles. The van der Waals surface area contributed by atoms with Gasteiger partial charge in [-0.15, -0.1) is 0 Å². The van der Waals surface area contributed by atoms with Gasteiger partial charge < -0.3 is 20.3 Å². The van der Waals surface area contributed by atoms with Crippen molar-refractivity contribution in [2.75, 3.05) is 44.8 Å². The van der Waals surface area contributed by atoms with Crippen molar-refractivity contribution in [3.63, 3.8) is 0 Å². The lowest BCUT2D eigenvalue weighted by Gasteiger charge is -2.23. The molecule has 1 rings (SSSR count). The van der Waals surface area contributed by atoms with Crippen molar-refractivity contribution in [2.24, 2.45) is 0 Å².